The molecule has 11 nitrogen and oxygen atoms in total. The van der Waals surface area contributed by atoms with E-state index < -0.39 is 64.1 Å². The second-order valence-electron chi connectivity index (χ2n) is 12.6. The van der Waals surface area contributed by atoms with Gasteiger partial charge in [-0.25, -0.2) is 19.0 Å². The van der Waals surface area contributed by atoms with Crippen LogP contribution in [0.15, 0.2) is 65.3 Å². The van der Waals surface area contributed by atoms with Crippen LogP contribution < -0.4 is 10.3 Å². The number of carbonyl (C=O) groups excluding carboxylic acids is 3. The van der Waals surface area contributed by atoms with Gasteiger partial charge in [0, 0.05) is 16.7 Å². The molecule has 3 saturated carbocycles. The highest BCUT2D eigenvalue weighted by molar-refractivity contribution is 6.01. The van der Waals surface area contributed by atoms with Gasteiger partial charge < -0.3 is 24.3 Å². The Hall–Kier alpha value is -4.63. The zero-order valence-corrected chi connectivity index (χ0v) is 24.7. The Labute approximate surface area is 257 Å². The summed E-state index contributed by atoms with van der Waals surface area (Å²) in [5, 5.41) is 20.8. The molecule has 45 heavy (non-hydrogen) atoms. The fourth-order valence-electron chi connectivity index (χ4n) is 8.34. The predicted octanol–water partition coefficient (Wildman–Crippen LogP) is 3.90. The van der Waals surface area contributed by atoms with Crippen molar-refractivity contribution in [1.29, 1.82) is 5.26 Å². The lowest BCUT2D eigenvalue weighted by molar-refractivity contribution is -0.224. The van der Waals surface area contributed by atoms with E-state index in [1.165, 1.54) is 42.6 Å². The van der Waals surface area contributed by atoms with E-state index in [4.69, 9.17) is 19.5 Å². The summed E-state index contributed by atoms with van der Waals surface area (Å²) in [6.45, 7) is 2.84. The number of hydrogen-bond donors (Lipinski definition) is 2. The summed E-state index contributed by atoms with van der Waals surface area (Å²) in [5.41, 5.74) is -6.17. The van der Waals surface area contributed by atoms with Crippen molar-refractivity contribution in [2.45, 2.75) is 63.3 Å². The van der Waals surface area contributed by atoms with Crippen LogP contribution in [0.2, 0.25) is 0 Å². The number of H-pyrrole nitrogens is 1. The number of aromatic nitrogens is 2. The van der Waals surface area contributed by atoms with Gasteiger partial charge in [-0.3, -0.25) is 9.59 Å². The smallest absolute Gasteiger partial charge is 0.352 e. The van der Waals surface area contributed by atoms with E-state index in [9.17, 15) is 24.3 Å². The van der Waals surface area contributed by atoms with Crippen molar-refractivity contribution in [2.24, 2.45) is 22.7 Å². The van der Waals surface area contributed by atoms with Gasteiger partial charge >= 0.3 is 11.9 Å². The lowest BCUT2D eigenvalue weighted by Gasteiger charge is -2.62. The molecule has 0 spiro atoms. The minimum absolute atomic E-state index is 0.0102. The van der Waals surface area contributed by atoms with Gasteiger partial charge in [0.15, 0.2) is 18.1 Å². The molecule has 234 valence electrons. The summed E-state index contributed by atoms with van der Waals surface area (Å²) in [6.07, 6.45) is 6.00. The molecule has 1 aromatic heterocycles. The lowest BCUT2D eigenvalue weighted by Crippen LogP contribution is -2.69. The minimum atomic E-state index is -2.13. The molecule has 0 saturated heterocycles. The van der Waals surface area contributed by atoms with Crippen molar-refractivity contribution in [1.82, 2.24) is 9.97 Å². The maximum atomic E-state index is 17.5. The molecule has 0 bridgehead atoms. The van der Waals surface area contributed by atoms with Gasteiger partial charge in [-0.05, 0) is 81.4 Å². The van der Waals surface area contributed by atoms with Crippen molar-refractivity contribution in [2.75, 3.05) is 6.61 Å². The van der Waals surface area contributed by atoms with Gasteiger partial charge in [-0.1, -0.05) is 18.6 Å². The van der Waals surface area contributed by atoms with E-state index in [1.807, 2.05) is 0 Å². The zero-order valence-electron chi connectivity index (χ0n) is 24.7. The Morgan fingerprint density at radius 1 is 1.18 bits per heavy atom. The molecule has 0 aliphatic heterocycles. The highest BCUT2D eigenvalue weighted by Gasteiger charge is 2.76. The topological polar surface area (TPSA) is 169 Å². The SMILES string of the molecule is C[C@]12C=CC(=O)C=C1CC[C@H]1[C@@H]3CC[C@@](OC(=O)c4ccc(Oc5c[nH]c(=O)cn5)cc4)(C(=O)OCC#N)[C@@]3(C)C[C@H](O)C12F. The van der Waals surface area contributed by atoms with Gasteiger partial charge in [-0.2, -0.15) is 5.26 Å². The standard InChI is InChI=1S/C33H32FN3O8/c1-30-11-9-21(38)15-20(30)5-8-24-23-10-12-32(29(42)43-14-13-35,31(23,2)16-25(39)33(24,30)34)45-28(41)19-3-6-22(7-4-19)44-27-18-36-26(40)17-37-27/h3-4,6-7,9,11,15,17-18,23-25,39H,5,8,10,12,14,16H2,1-2H3,(H,36,40)/t23-,24-,25-,30-,31-,32+,33?/m0/s1. The molecular formula is C33H32FN3O8. The quantitative estimate of drug-likeness (QED) is 0.454. The van der Waals surface area contributed by atoms with Crippen molar-refractivity contribution in [3.8, 4) is 17.7 Å². The third-order valence-electron chi connectivity index (χ3n) is 10.6. The Morgan fingerprint density at radius 2 is 1.93 bits per heavy atom. The van der Waals surface area contributed by atoms with Crippen LogP contribution >= 0.6 is 0 Å². The first-order chi connectivity index (χ1) is 21.4. The monoisotopic (exact) mass is 617 g/mol. The second-order valence-corrected chi connectivity index (χ2v) is 12.6. The van der Waals surface area contributed by atoms with Crippen LogP contribution in [0.4, 0.5) is 4.39 Å². The summed E-state index contributed by atoms with van der Waals surface area (Å²) >= 11 is 0. The Balaban J connectivity index is 1.31. The van der Waals surface area contributed by atoms with Crippen LogP contribution in [0, 0.1) is 34.0 Å². The lowest BCUT2D eigenvalue weighted by atomic mass is 9.45. The molecule has 12 heteroatoms. The minimum Gasteiger partial charge on any atom is -0.447 e. The summed E-state index contributed by atoms with van der Waals surface area (Å²) < 4.78 is 34.4. The number of halogens is 1. The fraction of sp³-hybridized carbons (Fsp3) is 0.455. The number of aromatic amines is 1. The zero-order chi connectivity index (χ0) is 32.2. The number of allylic oxidation sites excluding steroid dienone is 4. The number of aliphatic hydroxyl groups excluding tert-OH is 1. The van der Waals surface area contributed by atoms with Gasteiger partial charge in [0.2, 0.25) is 11.5 Å². The maximum absolute atomic E-state index is 17.5. The fourth-order valence-corrected chi connectivity index (χ4v) is 8.34. The number of nitriles is 1. The van der Waals surface area contributed by atoms with Crippen molar-refractivity contribution in [3.05, 3.63) is 76.4 Å². The summed E-state index contributed by atoms with van der Waals surface area (Å²) in [6, 6.07) is 7.60. The van der Waals surface area contributed by atoms with E-state index in [0.717, 1.165) is 6.20 Å². The second kappa shape index (κ2) is 10.8. The number of esters is 2. The molecular weight excluding hydrogens is 585 g/mol. The molecule has 2 aromatic rings. The number of rotatable bonds is 6. The molecule has 4 aliphatic carbocycles. The number of nitrogens with one attached hydrogen (secondary N) is 1. The van der Waals surface area contributed by atoms with Gasteiger partial charge in [0.25, 0.3) is 5.56 Å². The van der Waals surface area contributed by atoms with Gasteiger partial charge in [-0.15, -0.1) is 0 Å². The van der Waals surface area contributed by atoms with E-state index >= 15 is 4.39 Å². The number of carbonyl (C=O) groups is 3. The molecule has 3 fully saturated rings. The molecule has 0 amide bonds. The van der Waals surface area contributed by atoms with Crippen molar-refractivity contribution < 1.29 is 38.1 Å². The number of aliphatic hydroxyl groups is 1. The number of benzene rings is 1. The number of ether oxygens (including phenoxy) is 3. The number of hydrogen-bond acceptors (Lipinski definition) is 10. The predicted molar refractivity (Wildman–Crippen MR) is 154 cm³/mol. The molecule has 6 rings (SSSR count). The molecule has 2 N–H and O–H groups in total. The number of nitrogens with zero attached hydrogens (tertiary/aromatic N) is 2. The first-order valence-corrected chi connectivity index (χ1v) is 14.8. The van der Waals surface area contributed by atoms with Crippen LogP contribution in [-0.2, 0) is 19.1 Å². The third-order valence-corrected chi connectivity index (χ3v) is 10.6. The number of ketones is 1. The highest BCUT2D eigenvalue weighted by atomic mass is 19.1. The Kier molecular flexibility index (Phi) is 7.27. The highest BCUT2D eigenvalue weighted by Crippen LogP contribution is 2.70. The van der Waals surface area contributed by atoms with Gasteiger partial charge in [0.1, 0.15) is 11.8 Å². The molecule has 1 unspecified atom stereocenters. The average Bonchev–Trinajstić information content (AvgIpc) is 3.30. The first kappa shape index (κ1) is 30.4. The summed E-state index contributed by atoms with van der Waals surface area (Å²) in [5.74, 6) is -2.75. The first-order valence-electron chi connectivity index (χ1n) is 14.8. The average molecular weight is 618 g/mol. The van der Waals surface area contributed by atoms with E-state index in [0.29, 0.717) is 30.6 Å². The molecule has 0 radical (unpaired) electrons. The summed E-state index contributed by atoms with van der Waals surface area (Å²) in [4.78, 5) is 57.1. The number of fused-ring (bicyclic) bond motifs is 5. The largest absolute Gasteiger partial charge is 0.447 e. The normalized spacial score (nSPS) is 34.8. The van der Waals surface area contributed by atoms with Crippen LogP contribution in [0.5, 0.6) is 11.6 Å². The van der Waals surface area contributed by atoms with E-state index in [-0.39, 0.29) is 30.1 Å². The maximum Gasteiger partial charge on any atom is 0.352 e. The molecule has 4 aliphatic rings. The Bertz CT molecular complexity index is 1710. The van der Waals surface area contributed by atoms with E-state index in [2.05, 4.69) is 9.97 Å². The Morgan fingerprint density at radius 3 is 2.62 bits per heavy atom. The summed E-state index contributed by atoms with van der Waals surface area (Å²) in [7, 11) is 0. The van der Waals surface area contributed by atoms with Crippen LogP contribution in [0.25, 0.3) is 0 Å². The van der Waals surface area contributed by atoms with Crippen LogP contribution in [0.1, 0.15) is 56.3 Å². The number of alkyl halides is 1. The van der Waals surface area contributed by atoms with Crippen molar-refractivity contribution in [3.63, 3.8) is 0 Å². The van der Waals surface area contributed by atoms with Crippen molar-refractivity contribution >= 4 is 17.7 Å². The third kappa shape index (κ3) is 4.51. The van der Waals surface area contributed by atoms with Crippen LogP contribution in [-0.4, -0.2) is 56.8 Å². The van der Waals surface area contributed by atoms with E-state index in [1.54, 1.807) is 26.0 Å². The van der Waals surface area contributed by atoms with Gasteiger partial charge in [0.05, 0.1) is 24.1 Å². The molecule has 7 atom stereocenters. The van der Waals surface area contributed by atoms with Crippen LogP contribution in [0.3, 0.4) is 0 Å². The molecule has 1 aromatic carbocycles. The molecule has 1 heterocycles.